The van der Waals surface area contributed by atoms with Gasteiger partial charge in [0.05, 0.1) is 11.8 Å². The predicted molar refractivity (Wildman–Crippen MR) is 92.6 cm³/mol. The normalized spacial score (nSPS) is 37.1. The van der Waals surface area contributed by atoms with Gasteiger partial charge in [-0.05, 0) is 37.0 Å². The molecule has 1 heterocycles. The van der Waals surface area contributed by atoms with Crippen LogP contribution in [0.2, 0.25) is 0 Å². The Balaban J connectivity index is 1.82. The molecule has 5 nitrogen and oxygen atoms in total. The van der Waals surface area contributed by atoms with Gasteiger partial charge in [0.15, 0.2) is 0 Å². The van der Waals surface area contributed by atoms with E-state index in [0.29, 0.717) is 5.92 Å². The summed E-state index contributed by atoms with van der Waals surface area (Å²) in [5.41, 5.74) is -0.393. The highest BCUT2D eigenvalue weighted by Gasteiger charge is 2.72. The van der Waals surface area contributed by atoms with Crippen molar-refractivity contribution in [3.63, 3.8) is 0 Å². The topological polar surface area (TPSA) is 74.7 Å². The zero-order valence-corrected chi connectivity index (χ0v) is 15.7. The van der Waals surface area contributed by atoms with Crippen LogP contribution in [0, 0.1) is 16.7 Å². The zero-order valence-electron chi connectivity index (χ0n) is 14.9. The molecule has 3 fully saturated rings. The fourth-order valence-corrected chi connectivity index (χ4v) is 7.91. The van der Waals surface area contributed by atoms with Crippen molar-refractivity contribution in [1.82, 2.24) is 4.31 Å². The number of allylic oxidation sites excluding steroid dienone is 1. The van der Waals surface area contributed by atoms with Crippen molar-refractivity contribution in [2.75, 3.05) is 5.75 Å². The van der Waals surface area contributed by atoms with E-state index in [9.17, 15) is 18.3 Å². The summed E-state index contributed by atoms with van der Waals surface area (Å²) < 4.78 is 26.5. The van der Waals surface area contributed by atoms with Gasteiger partial charge in [-0.25, -0.2) is 12.7 Å². The Morgan fingerprint density at radius 2 is 2.08 bits per heavy atom. The number of rotatable bonds is 5. The first-order chi connectivity index (χ1) is 11.2. The third-order valence-corrected chi connectivity index (χ3v) is 8.81. The summed E-state index contributed by atoms with van der Waals surface area (Å²) in [6, 6.07) is -0.266. The Labute approximate surface area is 145 Å². The Morgan fingerprint density at radius 1 is 1.38 bits per heavy atom. The molecular weight excluding hydrogens is 326 g/mol. The zero-order chi connectivity index (χ0) is 17.8. The number of aliphatic hydroxyl groups is 1. The molecule has 0 aromatic rings. The summed E-state index contributed by atoms with van der Waals surface area (Å²) in [6.45, 7) is 6.36. The van der Waals surface area contributed by atoms with Crippen LogP contribution < -0.4 is 0 Å². The minimum absolute atomic E-state index is 0.0539. The van der Waals surface area contributed by atoms with Crippen LogP contribution in [0.4, 0.5) is 0 Å². The number of aliphatic hydroxyl groups excluding tert-OH is 1. The van der Waals surface area contributed by atoms with Crippen molar-refractivity contribution >= 4 is 15.9 Å². The molecule has 1 spiro atoms. The highest BCUT2D eigenvalue weighted by Crippen LogP contribution is 2.70. The fourth-order valence-electron chi connectivity index (χ4n) is 5.34. The van der Waals surface area contributed by atoms with Crippen molar-refractivity contribution in [2.45, 2.75) is 71.4 Å². The van der Waals surface area contributed by atoms with E-state index in [1.807, 2.05) is 6.08 Å². The Bertz CT molecular complexity index is 654. The summed E-state index contributed by atoms with van der Waals surface area (Å²) in [5.74, 6) is -0.116. The summed E-state index contributed by atoms with van der Waals surface area (Å²) in [6.07, 6.45) is 7.16. The van der Waals surface area contributed by atoms with E-state index in [1.165, 1.54) is 0 Å². The monoisotopic (exact) mass is 355 g/mol. The van der Waals surface area contributed by atoms with Gasteiger partial charge in [0, 0.05) is 11.8 Å². The molecule has 0 unspecified atom stereocenters. The van der Waals surface area contributed by atoms with Gasteiger partial charge in [-0.2, -0.15) is 0 Å². The molecule has 1 N–H and O–H groups in total. The number of sulfonamides is 1. The maximum Gasteiger partial charge on any atom is 0.265 e. The minimum atomic E-state index is -3.64. The number of hydrogen-bond acceptors (Lipinski definition) is 4. The van der Waals surface area contributed by atoms with E-state index in [2.05, 4.69) is 20.8 Å². The van der Waals surface area contributed by atoms with Crippen LogP contribution in [0.3, 0.4) is 0 Å². The quantitative estimate of drug-likeness (QED) is 0.769. The van der Waals surface area contributed by atoms with Gasteiger partial charge in [-0.1, -0.05) is 39.3 Å². The molecular formula is C18H29NO4S. The molecule has 0 radical (unpaired) electrons. The van der Waals surface area contributed by atoms with Crippen molar-refractivity contribution in [1.29, 1.82) is 0 Å². The third-order valence-electron chi connectivity index (χ3n) is 6.89. The van der Waals surface area contributed by atoms with Crippen LogP contribution >= 0.6 is 0 Å². The van der Waals surface area contributed by atoms with Crippen LogP contribution in [0.5, 0.6) is 0 Å². The predicted octanol–water partition coefficient (Wildman–Crippen LogP) is 2.46. The van der Waals surface area contributed by atoms with Gasteiger partial charge in [0.25, 0.3) is 5.91 Å². The molecule has 6 heteroatoms. The lowest BCUT2D eigenvalue weighted by Crippen LogP contribution is -2.47. The lowest BCUT2D eigenvalue weighted by molar-refractivity contribution is -0.137. The highest BCUT2D eigenvalue weighted by molar-refractivity contribution is 7.90. The number of carbonyl (C=O) groups excluding carboxylic acids is 1. The number of hydrogen-bond donors (Lipinski definition) is 1. The molecule has 1 aliphatic heterocycles. The maximum atomic E-state index is 12.7. The standard InChI is InChI=1S/C18H29NO4S/c1-4-5-6-7-8-14(20)16(21)19-15-11-13-9-10-18(15,17(13,2)3)12-24(19,22)23/h6-7,13-15,20H,4-5,8-12H2,1-3H3/b7-6+/t13-,14+,15-,18-/m1/s1. The average Bonchev–Trinajstić information content (AvgIpc) is 2.97. The Hall–Kier alpha value is -0.880. The number of carbonyl (C=O) groups is 1. The molecule has 0 aromatic heterocycles. The summed E-state index contributed by atoms with van der Waals surface area (Å²) >= 11 is 0. The summed E-state index contributed by atoms with van der Waals surface area (Å²) in [5, 5.41) is 10.2. The number of amides is 1. The van der Waals surface area contributed by atoms with Gasteiger partial charge < -0.3 is 5.11 Å². The smallest absolute Gasteiger partial charge is 0.265 e. The molecule has 0 aromatic carbocycles. The number of unbranched alkanes of at least 4 members (excludes halogenated alkanes) is 1. The van der Waals surface area contributed by atoms with E-state index in [1.54, 1.807) is 6.08 Å². The van der Waals surface area contributed by atoms with Crippen molar-refractivity contribution in [3.8, 4) is 0 Å². The van der Waals surface area contributed by atoms with Gasteiger partial charge >= 0.3 is 0 Å². The van der Waals surface area contributed by atoms with Crippen LogP contribution in [0.1, 0.15) is 59.3 Å². The SMILES string of the molecule is CCC/C=C/C[C@H](O)C(=O)N1[C@@H]2C[C@H]3CC[C@]2(CS1(=O)=O)C3(C)C. The highest BCUT2D eigenvalue weighted by atomic mass is 32.2. The molecule has 3 aliphatic rings. The fraction of sp³-hybridized carbons (Fsp3) is 0.833. The largest absolute Gasteiger partial charge is 0.383 e. The lowest BCUT2D eigenvalue weighted by atomic mass is 9.69. The molecule has 136 valence electrons. The van der Waals surface area contributed by atoms with Gasteiger partial charge in [-0.15, -0.1) is 0 Å². The van der Waals surface area contributed by atoms with E-state index in [4.69, 9.17) is 0 Å². The summed E-state index contributed by atoms with van der Waals surface area (Å²) in [4.78, 5) is 12.7. The third kappa shape index (κ3) is 2.37. The molecule has 24 heavy (non-hydrogen) atoms. The molecule has 2 bridgehead atoms. The number of nitrogens with zero attached hydrogens (tertiary/aromatic N) is 1. The van der Waals surface area contributed by atoms with E-state index >= 15 is 0 Å². The lowest BCUT2D eigenvalue weighted by Gasteiger charge is -2.37. The van der Waals surface area contributed by atoms with Crippen LogP contribution in [-0.2, 0) is 14.8 Å². The van der Waals surface area contributed by atoms with Crippen molar-refractivity contribution in [3.05, 3.63) is 12.2 Å². The van der Waals surface area contributed by atoms with E-state index < -0.39 is 22.0 Å². The summed E-state index contributed by atoms with van der Waals surface area (Å²) in [7, 11) is -3.64. The minimum Gasteiger partial charge on any atom is -0.383 e. The van der Waals surface area contributed by atoms with E-state index in [-0.39, 0.29) is 29.0 Å². The Kier molecular flexibility index (Phi) is 4.36. The molecule has 4 atom stereocenters. The maximum absolute atomic E-state index is 12.7. The van der Waals surface area contributed by atoms with Crippen LogP contribution in [0.15, 0.2) is 12.2 Å². The number of fused-ring (bicyclic) bond motifs is 1. The molecule has 3 rings (SSSR count). The van der Waals surface area contributed by atoms with Crippen LogP contribution in [0.25, 0.3) is 0 Å². The molecule has 1 saturated heterocycles. The molecule has 2 aliphatic carbocycles. The first kappa shape index (κ1) is 17.9. The van der Waals surface area contributed by atoms with Gasteiger partial charge in [-0.3, -0.25) is 4.79 Å². The van der Waals surface area contributed by atoms with Crippen molar-refractivity contribution in [2.24, 2.45) is 16.7 Å². The first-order valence-corrected chi connectivity index (χ1v) is 10.7. The van der Waals surface area contributed by atoms with Gasteiger partial charge in [0.2, 0.25) is 10.0 Å². The van der Waals surface area contributed by atoms with Gasteiger partial charge in [0.1, 0.15) is 6.10 Å². The Morgan fingerprint density at radius 3 is 2.71 bits per heavy atom. The molecule has 1 amide bonds. The average molecular weight is 356 g/mol. The second-order valence-electron chi connectivity index (χ2n) is 8.27. The first-order valence-electron chi connectivity index (χ1n) is 9.06. The second kappa shape index (κ2) is 5.84. The van der Waals surface area contributed by atoms with Crippen molar-refractivity contribution < 1.29 is 18.3 Å². The van der Waals surface area contributed by atoms with Crippen LogP contribution in [-0.4, -0.2) is 41.6 Å². The van der Waals surface area contributed by atoms with E-state index in [0.717, 1.165) is 36.4 Å². The molecule has 2 saturated carbocycles. The second-order valence-corrected chi connectivity index (χ2v) is 10.1.